The lowest BCUT2D eigenvalue weighted by atomic mass is 10.1. The van der Waals surface area contributed by atoms with Crippen LogP contribution < -0.4 is 0 Å². The van der Waals surface area contributed by atoms with E-state index in [1.54, 1.807) is 0 Å². The molecule has 3 rings (SSSR count). The van der Waals surface area contributed by atoms with Gasteiger partial charge >= 0.3 is 0 Å². The van der Waals surface area contributed by atoms with Gasteiger partial charge in [-0.15, -0.1) is 0 Å². The van der Waals surface area contributed by atoms with E-state index in [4.69, 9.17) is 0 Å². The summed E-state index contributed by atoms with van der Waals surface area (Å²) in [6.45, 7) is 2.11. The molecule has 2 heteroatoms. The Morgan fingerprint density at radius 2 is 1.65 bits per heavy atom. The van der Waals surface area contributed by atoms with Gasteiger partial charge in [0.05, 0.1) is 0 Å². The molecule has 0 unspecified atom stereocenters. The Kier molecular flexibility index (Phi) is 2.52. The van der Waals surface area contributed by atoms with Gasteiger partial charge in [-0.05, 0) is 42.3 Å². The van der Waals surface area contributed by atoms with Gasteiger partial charge in [0, 0.05) is 27.9 Å². The quantitative estimate of drug-likeness (QED) is 0.612. The molecule has 0 amide bonds. The fraction of sp³-hybridized carbons (Fsp3) is 0.0667. The van der Waals surface area contributed by atoms with Crippen LogP contribution in [0.5, 0.6) is 0 Å². The first-order valence-corrected chi connectivity index (χ1v) is 6.36. The second-order valence-corrected chi connectivity index (χ2v) is 5.19. The maximum atomic E-state index is 3.46. The minimum Gasteiger partial charge on any atom is -0.323 e. The normalized spacial score (nSPS) is 10.9. The van der Waals surface area contributed by atoms with Crippen molar-refractivity contribution in [1.29, 1.82) is 0 Å². The van der Waals surface area contributed by atoms with E-state index in [-0.39, 0.29) is 0 Å². The van der Waals surface area contributed by atoms with Gasteiger partial charge in [-0.1, -0.05) is 34.1 Å². The van der Waals surface area contributed by atoms with E-state index in [1.165, 1.54) is 22.2 Å². The van der Waals surface area contributed by atoms with E-state index < -0.39 is 0 Å². The average Bonchev–Trinajstić information content (AvgIpc) is 2.72. The van der Waals surface area contributed by atoms with Crippen LogP contribution in [-0.4, -0.2) is 4.40 Å². The standard InChI is InChI=1S/C15H12BrN/c1-11-2-7-15-8-13(10-17(15)9-11)12-3-5-14(16)6-4-12/h2-10H,1H3. The van der Waals surface area contributed by atoms with Gasteiger partial charge in [-0.25, -0.2) is 0 Å². The highest BCUT2D eigenvalue weighted by Crippen LogP contribution is 2.24. The first-order chi connectivity index (χ1) is 8.22. The third kappa shape index (κ3) is 2.01. The van der Waals surface area contributed by atoms with Gasteiger partial charge in [0.15, 0.2) is 0 Å². The maximum Gasteiger partial charge on any atom is 0.0456 e. The summed E-state index contributed by atoms with van der Waals surface area (Å²) in [5, 5.41) is 0. The Hall–Kier alpha value is -1.54. The van der Waals surface area contributed by atoms with E-state index in [0.29, 0.717) is 0 Å². The summed E-state index contributed by atoms with van der Waals surface area (Å²) in [7, 11) is 0. The first kappa shape index (κ1) is 10.6. The molecular formula is C15H12BrN. The molecule has 0 spiro atoms. The SMILES string of the molecule is Cc1ccc2cc(-c3ccc(Br)cc3)cn2c1. The van der Waals surface area contributed by atoms with Crippen molar-refractivity contribution < 1.29 is 0 Å². The molecule has 0 fully saturated rings. The largest absolute Gasteiger partial charge is 0.323 e. The molecule has 3 aromatic rings. The van der Waals surface area contributed by atoms with Crippen molar-refractivity contribution in [1.82, 2.24) is 4.40 Å². The lowest BCUT2D eigenvalue weighted by Crippen LogP contribution is -1.81. The van der Waals surface area contributed by atoms with Crippen molar-refractivity contribution in [3.8, 4) is 11.1 Å². The smallest absolute Gasteiger partial charge is 0.0456 e. The van der Waals surface area contributed by atoms with Crippen LogP contribution in [0.25, 0.3) is 16.6 Å². The monoisotopic (exact) mass is 285 g/mol. The molecule has 2 aromatic heterocycles. The molecule has 0 saturated heterocycles. The zero-order valence-electron chi connectivity index (χ0n) is 9.52. The zero-order valence-corrected chi connectivity index (χ0v) is 11.1. The summed E-state index contributed by atoms with van der Waals surface area (Å²) in [6.07, 6.45) is 4.32. The van der Waals surface area contributed by atoms with Gasteiger partial charge in [-0.3, -0.25) is 0 Å². The molecule has 0 bridgehead atoms. The Morgan fingerprint density at radius 1 is 0.882 bits per heavy atom. The minimum absolute atomic E-state index is 1.11. The highest BCUT2D eigenvalue weighted by Gasteiger charge is 2.02. The number of hydrogen-bond acceptors (Lipinski definition) is 0. The Labute approximate surface area is 109 Å². The Morgan fingerprint density at radius 3 is 2.41 bits per heavy atom. The number of fused-ring (bicyclic) bond motifs is 1. The van der Waals surface area contributed by atoms with Crippen LogP contribution in [0.2, 0.25) is 0 Å². The molecule has 0 aliphatic heterocycles. The molecule has 0 radical (unpaired) electrons. The van der Waals surface area contributed by atoms with Gasteiger partial charge < -0.3 is 4.40 Å². The number of hydrogen-bond donors (Lipinski definition) is 0. The molecule has 0 aliphatic carbocycles. The molecule has 1 nitrogen and oxygen atoms in total. The van der Waals surface area contributed by atoms with Gasteiger partial charge in [0.2, 0.25) is 0 Å². The molecule has 0 N–H and O–H groups in total. The number of aryl methyl sites for hydroxylation is 1. The molecule has 84 valence electrons. The summed E-state index contributed by atoms with van der Waals surface area (Å²) in [5.74, 6) is 0. The Bertz CT molecular complexity index is 665. The fourth-order valence-corrected chi connectivity index (χ4v) is 2.29. The van der Waals surface area contributed by atoms with Crippen LogP contribution in [0.4, 0.5) is 0 Å². The van der Waals surface area contributed by atoms with Crippen LogP contribution in [0.15, 0.2) is 59.3 Å². The van der Waals surface area contributed by atoms with E-state index in [1.807, 2.05) is 0 Å². The van der Waals surface area contributed by atoms with E-state index in [0.717, 1.165) is 4.47 Å². The van der Waals surface area contributed by atoms with Crippen molar-refractivity contribution in [2.75, 3.05) is 0 Å². The summed E-state index contributed by atoms with van der Waals surface area (Å²) in [6, 6.07) is 14.9. The minimum atomic E-state index is 1.11. The zero-order chi connectivity index (χ0) is 11.8. The van der Waals surface area contributed by atoms with Crippen LogP contribution >= 0.6 is 15.9 Å². The van der Waals surface area contributed by atoms with Gasteiger partial charge in [0.25, 0.3) is 0 Å². The molecule has 0 saturated carbocycles. The van der Waals surface area contributed by atoms with Crippen LogP contribution in [0.1, 0.15) is 5.56 Å². The number of nitrogens with zero attached hydrogens (tertiary/aromatic N) is 1. The van der Waals surface area contributed by atoms with E-state index in [9.17, 15) is 0 Å². The van der Waals surface area contributed by atoms with E-state index in [2.05, 4.69) is 82.1 Å². The summed E-state index contributed by atoms with van der Waals surface area (Å²) in [5.41, 5.74) is 5.00. The predicted octanol–water partition coefficient (Wildman–Crippen LogP) is 4.68. The number of benzene rings is 1. The molecule has 0 aliphatic rings. The van der Waals surface area contributed by atoms with Crippen molar-refractivity contribution in [3.63, 3.8) is 0 Å². The van der Waals surface area contributed by atoms with Crippen LogP contribution in [-0.2, 0) is 0 Å². The van der Waals surface area contributed by atoms with Gasteiger partial charge in [0.1, 0.15) is 0 Å². The van der Waals surface area contributed by atoms with E-state index >= 15 is 0 Å². The molecule has 17 heavy (non-hydrogen) atoms. The number of pyridine rings is 1. The third-order valence-corrected chi connectivity index (χ3v) is 3.45. The maximum absolute atomic E-state index is 3.46. The van der Waals surface area contributed by atoms with Crippen molar-refractivity contribution >= 4 is 21.4 Å². The topological polar surface area (TPSA) is 4.41 Å². The lowest BCUT2D eigenvalue weighted by molar-refractivity contribution is 1.17. The van der Waals surface area contributed by atoms with Crippen molar-refractivity contribution in [3.05, 3.63) is 64.9 Å². The third-order valence-electron chi connectivity index (χ3n) is 2.92. The summed E-state index contributed by atoms with van der Waals surface area (Å²) >= 11 is 3.46. The molecule has 2 heterocycles. The van der Waals surface area contributed by atoms with Crippen molar-refractivity contribution in [2.24, 2.45) is 0 Å². The number of aromatic nitrogens is 1. The highest BCUT2D eigenvalue weighted by atomic mass is 79.9. The second-order valence-electron chi connectivity index (χ2n) is 4.27. The van der Waals surface area contributed by atoms with Crippen LogP contribution in [0, 0.1) is 6.92 Å². The highest BCUT2D eigenvalue weighted by molar-refractivity contribution is 9.10. The fourth-order valence-electron chi connectivity index (χ4n) is 2.02. The summed E-state index contributed by atoms with van der Waals surface area (Å²) < 4.78 is 3.29. The van der Waals surface area contributed by atoms with Crippen molar-refractivity contribution in [2.45, 2.75) is 6.92 Å². The number of rotatable bonds is 1. The molecule has 1 aromatic carbocycles. The molecule has 0 atom stereocenters. The van der Waals surface area contributed by atoms with Gasteiger partial charge in [-0.2, -0.15) is 0 Å². The average molecular weight is 286 g/mol. The first-order valence-electron chi connectivity index (χ1n) is 5.57. The second kappa shape index (κ2) is 4.04. The lowest BCUT2D eigenvalue weighted by Gasteiger charge is -1.96. The predicted molar refractivity (Wildman–Crippen MR) is 75.3 cm³/mol. The summed E-state index contributed by atoms with van der Waals surface area (Å²) in [4.78, 5) is 0. The molecular weight excluding hydrogens is 274 g/mol. The number of halogens is 1. The Balaban J connectivity index is 2.14. The van der Waals surface area contributed by atoms with Crippen LogP contribution in [0.3, 0.4) is 0 Å².